The van der Waals surface area contributed by atoms with Crippen LogP contribution in [0.1, 0.15) is 342 Å². The predicted molar refractivity (Wildman–Crippen MR) is 325 cm³/mol. The highest BCUT2D eigenvalue weighted by Crippen LogP contribution is 2.16. The second-order valence-electron chi connectivity index (χ2n) is 22.0. The van der Waals surface area contributed by atoms with Crippen LogP contribution in [0.25, 0.3) is 0 Å². The van der Waals surface area contributed by atoms with Gasteiger partial charge < -0.3 is 14.2 Å². The summed E-state index contributed by atoms with van der Waals surface area (Å²) in [6.07, 6.45) is 80.8. The summed E-state index contributed by atoms with van der Waals surface area (Å²) in [4.78, 5) is 38.4. The zero-order valence-electron chi connectivity index (χ0n) is 50.1. The molecule has 0 aromatic carbocycles. The van der Waals surface area contributed by atoms with Crippen molar-refractivity contribution in [3.8, 4) is 0 Å². The molecule has 0 aromatic heterocycles. The van der Waals surface area contributed by atoms with Crippen molar-refractivity contribution in [3.05, 3.63) is 60.8 Å². The van der Waals surface area contributed by atoms with Crippen molar-refractivity contribution in [2.75, 3.05) is 13.2 Å². The Morgan fingerprint density at radius 1 is 0.267 bits per heavy atom. The van der Waals surface area contributed by atoms with Crippen molar-refractivity contribution >= 4 is 17.9 Å². The lowest BCUT2D eigenvalue weighted by molar-refractivity contribution is -0.167. The van der Waals surface area contributed by atoms with Crippen molar-refractivity contribution in [1.29, 1.82) is 0 Å². The van der Waals surface area contributed by atoms with Gasteiger partial charge in [-0.25, -0.2) is 0 Å². The Hall–Kier alpha value is -2.89. The summed E-state index contributed by atoms with van der Waals surface area (Å²) in [6.45, 7) is 6.64. The Labute approximate surface area is 466 Å². The molecule has 0 aromatic rings. The van der Waals surface area contributed by atoms with E-state index in [-0.39, 0.29) is 31.1 Å². The first-order chi connectivity index (χ1) is 37.0. The summed E-state index contributed by atoms with van der Waals surface area (Å²) in [7, 11) is 0. The van der Waals surface area contributed by atoms with Gasteiger partial charge in [-0.05, 0) is 109 Å². The molecule has 1 atom stereocenters. The van der Waals surface area contributed by atoms with Crippen LogP contribution in [0.5, 0.6) is 0 Å². The van der Waals surface area contributed by atoms with Crippen LogP contribution in [0, 0.1) is 0 Å². The van der Waals surface area contributed by atoms with E-state index in [1.54, 1.807) is 0 Å². The Balaban J connectivity index is 4.35. The Kier molecular flexibility index (Phi) is 61.2. The van der Waals surface area contributed by atoms with Crippen LogP contribution in [0.2, 0.25) is 0 Å². The van der Waals surface area contributed by atoms with Crippen molar-refractivity contribution in [3.63, 3.8) is 0 Å². The normalized spacial score (nSPS) is 12.4. The molecule has 0 N–H and O–H groups in total. The average molecular weight is 1050 g/mol. The number of esters is 3. The van der Waals surface area contributed by atoms with Gasteiger partial charge in [-0.2, -0.15) is 0 Å². The average Bonchev–Trinajstić information content (AvgIpc) is 3.41. The fourth-order valence-electron chi connectivity index (χ4n) is 9.50. The molecule has 0 rings (SSSR count). The van der Waals surface area contributed by atoms with Crippen LogP contribution in [0.15, 0.2) is 60.8 Å². The van der Waals surface area contributed by atoms with E-state index in [1.807, 2.05) is 0 Å². The number of carbonyl (C=O) groups excluding carboxylic acids is 3. The van der Waals surface area contributed by atoms with E-state index in [0.29, 0.717) is 19.3 Å². The van der Waals surface area contributed by atoms with Gasteiger partial charge in [0.25, 0.3) is 0 Å². The highest BCUT2D eigenvalue weighted by atomic mass is 16.6. The first-order valence-corrected chi connectivity index (χ1v) is 32.8. The summed E-state index contributed by atoms with van der Waals surface area (Å²) in [6, 6.07) is 0. The maximum atomic E-state index is 12.9. The van der Waals surface area contributed by atoms with Gasteiger partial charge in [-0.15, -0.1) is 0 Å². The molecule has 0 aliphatic rings. The highest BCUT2D eigenvalue weighted by Gasteiger charge is 2.19. The molecular weight excluding hydrogens is 925 g/mol. The second-order valence-corrected chi connectivity index (χ2v) is 22.0. The largest absolute Gasteiger partial charge is 0.462 e. The number of ether oxygens (including phenoxy) is 3. The Morgan fingerprint density at radius 3 is 0.760 bits per heavy atom. The number of hydrogen-bond donors (Lipinski definition) is 0. The van der Waals surface area contributed by atoms with E-state index in [4.69, 9.17) is 14.2 Å². The Bertz CT molecular complexity index is 1340. The van der Waals surface area contributed by atoms with Crippen LogP contribution < -0.4 is 0 Å². The molecule has 0 fully saturated rings. The van der Waals surface area contributed by atoms with Gasteiger partial charge in [0.2, 0.25) is 0 Å². The highest BCUT2D eigenvalue weighted by molar-refractivity contribution is 5.71. The van der Waals surface area contributed by atoms with E-state index < -0.39 is 6.10 Å². The molecule has 6 heteroatoms. The number of hydrogen-bond acceptors (Lipinski definition) is 6. The zero-order chi connectivity index (χ0) is 54.3. The number of allylic oxidation sites excluding steroid dienone is 10. The van der Waals surface area contributed by atoms with Gasteiger partial charge in [-0.1, -0.05) is 274 Å². The summed E-state index contributed by atoms with van der Waals surface area (Å²) < 4.78 is 16.9. The minimum Gasteiger partial charge on any atom is -0.462 e. The van der Waals surface area contributed by atoms with Gasteiger partial charge in [-0.3, -0.25) is 14.4 Å². The molecule has 0 heterocycles. The fourth-order valence-corrected chi connectivity index (χ4v) is 9.50. The first-order valence-electron chi connectivity index (χ1n) is 32.8. The van der Waals surface area contributed by atoms with Crippen LogP contribution >= 0.6 is 0 Å². The molecule has 75 heavy (non-hydrogen) atoms. The molecule has 1 unspecified atom stereocenters. The topological polar surface area (TPSA) is 78.9 Å². The van der Waals surface area contributed by atoms with Gasteiger partial charge in [0.15, 0.2) is 6.10 Å². The smallest absolute Gasteiger partial charge is 0.306 e. The SMILES string of the molecule is CCCCCC/C=C\C/C=C\CCCCCCCCCC(=O)OC(COC(=O)CCCCCCC/C=C\CCCCCCCCC)COC(=O)CCCCCCCCCCCCC/C=C\C/C=C\CCCCCCC. The molecule has 0 aliphatic carbocycles. The summed E-state index contributed by atoms with van der Waals surface area (Å²) in [5.74, 6) is -0.880. The van der Waals surface area contributed by atoms with Gasteiger partial charge in [0.1, 0.15) is 13.2 Å². The molecular formula is C69H124O6. The summed E-state index contributed by atoms with van der Waals surface area (Å²) in [5.41, 5.74) is 0. The third kappa shape index (κ3) is 61.8. The predicted octanol–water partition coefficient (Wildman–Crippen LogP) is 22.3. The Morgan fingerprint density at radius 2 is 0.480 bits per heavy atom. The van der Waals surface area contributed by atoms with Crippen molar-refractivity contribution in [2.24, 2.45) is 0 Å². The molecule has 6 nitrogen and oxygen atoms in total. The van der Waals surface area contributed by atoms with Gasteiger partial charge in [0.05, 0.1) is 0 Å². The van der Waals surface area contributed by atoms with Crippen LogP contribution in [0.4, 0.5) is 0 Å². The summed E-state index contributed by atoms with van der Waals surface area (Å²) in [5, 5.41) is 0. The maximum Gasteiger partial charge on any atom is 0.306 e. The fraction of sp³-hybridized carbons (Fsp3) is 0.812. The number of carbonyl (C=O) groups is 3. The van der Waals surface area contributed by atoms with Crippen molar-refractivity contribution < 1.29 is 28.6 Å². The minimum absolute atomic E-state index is 0.0793. The monoisotopic (exact) mass is 1050 g/mol. The van der Waals surface area contributed by atoms with Gasteiger partial charge in [0, 0.05) is 19.3 Å². The molecule has 0 amide bonds. The minimum atomic E-state index is -0.784. The molecule has 0 saturated carbocycles. The summed E-state index contributed by atoms with van der Waals surface area (Å²) >= 11 is 0. The van der Waals surface area contributed by atoms with E-state index in [2.05, 4.69) is 81.5 Å². The van der Waals surface area contributed by atoms with E-state index in [9.17, 15) is 14.4 Å². The van der Waals surface area contributed by atoms with Crippen LogP contribution in [-0.2, 0) is 28.6 Å². The second kappa shape index (κ2) is 63.6. The van der Waals surface area contributed by atoms with Crippen molar-refractivity contribution in [2.45, 2.75) is 348 Å². The number of unbranched alkanes of at least 4 members (excludes halogenated alkanes) is 39. The standard InChI is InChI=1S/C69H124O6/c1-4-7-10-13-16-19-22-25-28-31-33-34-35-36-37-39-41-44-47-50-53-56-59-62-68(71)74-65-66(64-73-67(70)61-58-55-52-49-46-43-40-30-27-24-21-18-15-12-9-6-3)75-69(72)63-60-57-54-51-48-45-42-38-32-29-26-23-20-17-14-11-8-5-2/h20,22-23,25,29-33,40,66H,4-19,21,24,26-28,34-39,41-65H2,1-3H3/b23-20-,25-22-,32-29-,33-31-,40-30-. The quantitative estimate of drug-likeness (QED) is 0.0261. The van der Waals surface area contributed by atoms with Crippen LogP contribution in [-0.4, -0.2) is 37.2 Å². The maximum absolute atomic E-state index is 12.9. The van der Waals surface area contributed by atoms with E-state index >= 15 is 0 Å². The number of rotatable bonds is 60. The van der Waals surface area contributed by atoms with E-state index in [0.717, 1.165) is 83.5 Å². The third-order valence-corrected chi connectivity index (χ3v) is 14.5. The molecule has 0 radical (unpaired) electrons. The lowest BCUT2D eigenvalue weighted by Crippen LogP contribution is -2.30. The van der Waals surface area contributed by atoms with E-state index in [1.165, 1.54) is 218 Å². The van der Waals surface area contributed by atoms with Crippen molar-refractivity contribution in [1.82, 2.24) is 0 Å². The third-order valence-electron chi connectivity index (χ3n) is 14.5. The first kappa shape index (κ1) is 72.1. The lowest BCUT2D eigenvalue weighted by Gasteiger charge is -2.18. The molecule has 0 spiro atoms. The molecule has 436 valence electrons. The zero-order valence-corrected chi connectivity index (χ0v) is 50.1. The molecule has 0 aliphatic heterocycles. The molecule has 0 saturated heterocycles. The lowest BCUT2D eigenvalue weighted by atomic mass is 10.0. The molecule has 0 bridgehead atoms. The van der Waals surface area contributed by atoms with Crippen LogP contribution in [0.3, 0.4) is 0 Å². The van der Waals surface area contributed by atoms with Gasteiger partial charge >= 0.3 is 17.9 Å².